The van der Waals surface area contributed by atoms with Gasteiger partial charge in [-0.3, -0.25) is 0 Å². The van der Waals surface area contributed by atoms with Gasteiger partial charge in [-0.15, -0.1) is 0 Å². The molecule has 2 unspecified atom stereocenters. The molecule has 0 aromatic carbocycles. The summed E-state index contributed by atoms with van der Waals surface area (Å²) in [7, 11) is -1.69. The van der Waals surface area contributed by atoms with Crippen LogP contribution in [0.5, 0.6) is 0 Å². The monoisotopic (exact) mass is 313 g/mol. The quantitative estimate of drug-likeness (QED) is 0.735. The minimum absolute atomic E-state index is 0.0215. The van der Waals surface area contributed by atoms with Gasteiger partial charge >= 0.3 is 11.9 Å². The lowest BCUT2D eigenvalue weighted by Gasteiger charge is -2.29. The van der Waals surface area contributed by atoms with Crippen LogP contribution >= 0.6 is 0 Å². The van der Waals surface area contributed by atoms with E-state index in [9.17, 15) is 17.8 Å². The topological polar surface area (TPSA) is 55.4 Å². The summed E-state index contributed by atoms with van der Waals surface area (Å²) in [6.07, 6.45) is 0.0215. The first-order valence-electron chi connectivity index (χ1n) is 6.66. The van der Waals surface area contributed by atoms with Crippen molar-refractivity contribution >= 4 is 17.0 Å². The predicted octanol–water partition coefficient (Wildman–Crippen LogP) is 2.65. The molecular weight excluding hydrogens is 288 g/mol. The van der Waals surface area contributed by atoms with Crippen LogP contribution in [-0.4, -0.2) is 33.5 Å². The van der Waals surface area contributed by atoms with Crippen molar-refractivity contribution in [2.24, 2.45) is 5.92 Å². The second kappa shape index (κ2) is 7.45. The first-order valence-corrected chi connectivity index (χ1v) is 7.81. The van der Waals surface area contributed by atoms with Gasteiger partial charge < -0.3 is 4.74 Å². The van der Waals surface area contributed by atoms with Crippen LogP contribution in [0.2, 0.25) is 0 Å². The van der Waals surface area contributed by atoms with E-state index in [2.05, 4.69) is 9.46 Å². The zero-order valence-electron chi connectivity index (χ0n) is 13.0. The SMILES string of the molecule is CCOC(=O)C(F)(F)C(CC(C)C)NS(=O)C(C)(C)C. The fraction of sp³-hybridized carbons (Fsp3) is 0.923. The molecule has 0 aliphatic carbocycles. The normalized spacial score (nSPS) is 16.1. The molecule has 0 aliphatic rings. The highest BCUT2D eigenvalue weighted by Gasteiger charge is 2.50. The fourth-order valence-corrected chi connectivity index (χ4v) is 2.27. The van der Waals surface area contributed by atoms with Crippen molar-refractivity contribution in [1.82, 2.24) is 4.72 Å². The van der Waals surface area contributed by atoms with Crippen LogP contribution in [-0.2, 0) is 20.5 Å². The summed E-state index contributed by atoms with van der Waals surface area (Å²) in [5.41, 5.74) is 0. The van der Waals surface area contributed by atoms with Crippen molar-refractivity contribution in [3.63, 3.8) is 0 Å². The van der Waals surface area contributed by atoms with E-state index in [1.165, 1.54) is 6.92 Å². The van der Waals surface area contributed by atoms with Gasteiger partial charge in [-0.2, -0.15) is 8.78 Å². The van der Waals surface area contributed by atoms with E-state index in [1.54, 1.807) is 34.6 Å². The molecule has 0 rings (SSSR count). The van der Waals surface area contributed by atoms with E-state index in [-0.39, 0.29) is 18.9 Å². The summed E-state index contributed by atoms with van der Waals surface area (Å²) in [4.78, 5) is 11.4. The van der Waals surface area contributed by atoms with Crippen LogP contribution in [0.15, 0.2) is 0 Å². The maximum absolute atomic E-state index is 14.1. The Morgan fingerprint density at radius 2 is 1.80 bits per heavy atom. The van der Waals surface area contributed by atoms with E-state index < -0.39 is 33.7 Å². The molecule has 0 heterocycles. The minimum Gasteiger partial charge on any atom is -0.462 e. The lowest BCUT2D eigenvalue weighted by Crippen LogP contribution is -2.54. The number of hydrogen-bond donors (Lipinski definition) is 1. The summed E-state index contributed by atoms with van der Waals surface area (Å²) in [6.45, 7) is 9.88. The molecule has 0 aliphatic heterocycles. The summed E-state index contributed by atoms with van der Waals surface area (Å²) < 4.78 is 46.3. The molecule has 120 valence electrons. The van der Waals surface area contributed by atoms with Gasteiger partial charge in [-0.25, -0.2) is 13.7 Å². The van der Waals surface area contributed by atoms with Crippen molar-refractivity contribution in [1.29, 1.82) is 0 Å². The van der Waals surface area contributed by atoms with Gasteiger partial charge in [0.2, 0.25) is 0 Å². The molecule has 20 heavy (non-hydrogen) atoms. The third-order valence-electron chi connectivity index (χ3n) is 2.50. The molecule has 1 N–H and O–H groups in total. The second-order valence-corrected chi connectivity index (χ2v) is 8.02. The lowest BCUT2D eigenvalue weighted by molar-refractivity contribution is -0.175. The molecule has 2 atom stereocenters. The van der Waals surface area contributed by atoms with Crippen LogP contribution in [0, 0.1) is 5.92 Å². The fourth-order valence-electron chi connectivity index (χ4n) is 1.42. The smallest absolute Gasteiger partial charge is 0.378 e. The molecule has 0 aromatic heterocycles. The zero-order chi connectivity index (χ0) is 16.1. The Morgan fingerprint density at radius 1 is 1.30 bits per heavy atom. The summed E-state index contributed by atoms with van der Waals surface area (Å²) in [5, 5.41) is 0. The van der Waals surface area contributed by atoms with E-state index in [4.69, 9.17) is 0 Å². The number of esters is 1. The number of carbonyl (C=O) groups excluding carboxylic acids is 1. The van der Waals surface area contributed by atoms with Gasteiger partial charge in [-0.05, 0) is 40.0 Å². The molecule has 0 amide bonds. The number of carbonyl (C=O) groups is 1. The first-order chi connectivity index (χ1) is 8.92. The van der Waals surface area contributed by atoms with E-state index >= 15 is 0 Å². The highest BCUT2D eigenvalue weighted by molar-refractivity contribution is 7.84. The van der Waals surface area contributed by atoms with Crippen molar-refractivity contribution in [2.75, 3.05) is 6.61 Å². The second-order valence-electron chi connectivity index (χ2n) is 6.02. The third-order valence-corrected chi connectivity index (χ3v) is 4.11. The van der Waals surface area contributed by atoms with E-state index in [1.807, 2.05) is 0 Å². The molecule has 0 aromatic rings. The van der Waals surface area contributed by atoms with Gasteiger partial charge in [0.15, 0.2) is 0 Å². The molecule has 0 spiro atoms. The Morgan fingerprint density at radius 3 is 2.15 bits per heavy atom. The van der Waals surface area contributed by atoms with E-state index in [0.29, 0.717) is 0 Å². The number of hydrogen-bond acceptors (Lipinski definition) is 3. The minimum atomic E-state index is -3.71. The van der Waals surface area contributed by atoms with Gasteiger partial charge in [0, 0.05) is 0 Å². The highest BCUT2D eigenvalue weighted by atomic mass is 32.2. The Bertz CT molecular complexity index is 354. The van der Waals surface area contributed by atoms with Crippen molar-refractivity contribution in [2.45, 2.75) is 64.7 Å². The van der Waals surface area contributed by atoms with Crippen molar-refractivity contribution in [3.8, 4) is 0 Å². The number of ether oxygens (including phenoxy) is 1. The Kier molecular flexibility index (Phi) is 7.24. The Balaban J connectivity index is 5.14. The molecule has 0 fully saturated rings. The van der Waals surface area contributed by atoms with Gasteiger partial charge in [0.25, 0.3) is 0 Å². The van der Waals surface area contributed by atoms with Crippen LogP contribution in [0.4, 0.5) is 8.78 Å². The maximum Gasteiger partial charge on any atom is 0.378 e. The number of nitrogens with one attached hydrogen (secondary N) is 1. The largest absolute Gasteiger partial charge is 0.462 e. The predicted molar refractivity (Wildman–Crippen MR) is 75.9 cm³/mol. The zero-order valence-corrected chi connectivity index (χ0v) is 13.8. The average molecular weight is 313 g/mol. The summed E-state index contributed by atoms with van der Waals surface area (Å²) in [5.74, 6) is -5.37. The van der Waals surface area contributed by atoms with Crippen molar-refractivity contribution < 1.29 is 22.5 Å². The number of alkyl halides is 2. The highest BCUT2D eigenvalue weighted by Crippen LogP contribution is 2.27. The van der Waals surface area contributed by atoms with Crippen LogP contribution in [0.3, 0.4) is 0 Å². The lowest BCUT2D eigenvalue weighted by atomic mass is 9.99. The van der Waals surface area contributed by atoms with E-state index in [0.717, 1.165) is 0 Å². The maximum atomic E-state index is 14.1. The summed E-state index contributed by atoms with van der Waals surface area (Å²) >= 11 is 0. The van der Waals surface area contributed by atoms with Crippen molar-refractivity contribution in [3.05, 3.63) is 0 Å². The van der Waals surface area contributed by atoms with Gasteiger partial charge in [0.05, 0.1) is 28.4 Å². The summed E-state index contributed by atoms with van der Waals surface area (Å²) in [6, 6.07) is -1.51. The molecule has 7 heteroatoms. The molecule has 4 nitrogen and oxygen atoms in total. The molecule has 0 saturated carbocycles. The Labute approximate surface area is 122 Å². The van der Waals surface area contributed by atoms with Crippen LogP contribution in [0.25, 0.3) is 0 Å². The van der Waals surface area contributed by atoms with Crippen LogP contribution in [0.1, 0.15) is 48.0 Å². The standard InChI is InChI=1S/C13H25F2NO3S/c1-7-19-11(17)13(14,15)10(8-9(2)3)16-20(18)12(4,5)6/h9-10,16H,7-8H2,1-6H3. The number of rotatable bonds is 7. The molecule has 0 saturated heterocycles. The molecular formula is C13H25F2NO3S. The van der Waals surface area contributed by atoms with Gasteiger partial charge in [0.1, 0.15) is 0 Å². The Hall–Kier alpha value is -0.560. The molecule has 0 bridgehead atoms. The van der Waals surface area contributed by atoms with Gasteiger partial charge in [-0.1, -0.05) is 13.8 Å². The molecule has 0 radical (unpaired) electrons. The number of halogens is 2. The average Bonchev–Trinajstić information content (AvgIpc) is 2.26. The van der Waals surface area contributed by atoms with Crippen LogP contribution < -0.4 is 4.72 Å². The first kappa shape index (κ1) is 19.4. The third kappa shape index (κ3) is 5.83.